The van der Waals surface area contributed by atoms with Gasteiger partial charge in [0.25, 0.3) is 0 Å². The third-order valence-electron chi connectivity index (χ3n) is 2.99. The van der Waals surface area contributed by atoms with Crippen LogP contribution >= 0.6 is 12.2 Å². The van der Waals surface area contributed by atoms with Crippen molar-refractivity contribution in [1.82, 2.24) is 14.8 Å². The summed E-state index contributed by atoms with van der Waals surface area (Å²) in [6.45, 7) is 3.83. The smallest absolute Gasteiger partial charge is 0.216 e. The number of rotatable bonds is 4. The Balaban J connectivity index is 2.28. The number of H-pyrrole nitrogens is 1. The second-order valence-corrected chi connectivity index (χ2v) is 4.91. The fourth-order valence-electron chi connectivity index (χ4n) is 2.06. The molecule has 1 aromatic carbocycles. The quantitative estimate of drug-likeness (QED) is 0.833. The molecule has 1 aromatic heterocycles. The predicted octanol–water partition coefficient (Wildman–Crippen LogP) is 2.41. The van der Waals surface area contributed by atoms with Crippen LogP contribution in [0.2, 0.25) is 0 Å². The molecule has 0 amide bonds. The summed E-state index contributed by atoms with van der Waals surface area (Å²) in [5.74, 6) is 0. The van der Waals surface area contributed by atoms with Crippen LogP contribution in [0.4, 0.5) is 0 Å². The maximum Gasteiger partial charge on any atom is 0.216 e. The lowest BCUT2D eigenvalue weighted by Crippen LogP contribution is -2.24. The summed E-state index contributed by atoms with van der Waals surface area (Å²) in [5.41, 5.74) is 2.39. The van der Waals surface area contributed by atoms with Crippen molar-refractivity contribution in [3.8, 4) is 0 Å². The van der Waals surface area contributed by atoms with E-state index in [9.17, 15) is 5.11 Å². The van der Waals surface area contributed by atoms with Gasteiger partial charge in [-0.25, -0.2) is 4.98 Å². The Bertz CT molecular complexity index is 573. The topological polar surface area (TPSA) is 53.8 Å². The van der Waals surface area contributed by atoms with Crippen molar-refractivity contribution in [2.24, 2.45) is 0 Å². The molecule has 2 N–H and O–H groups in total. The molecule has 1 heterocycles. The number of hydrogen-bond donors (Lipinski definition) is 2. The minimum absolute atomic E-state index is 0.123. The van der Waals surface area contributed by atoms with Crippen LogP contribution in [0.25, 0.3) is 0 Å². The summed E-state index contributed by atoms with van der Waals surface area (Å²) in [6, 6.07) is 8.14. The fourth-order valence-corrected chi connectivity index (χ4v) is 2.30. The summed E-state index contributed by atoms with van der Waals surface area (Å²) in [6.07, 6.45) is 1.77. The van der Waals surface area contributed by atoms with Crippen LogP contribution in [0.3, 0.4) is 0 Å². The third kappa shape index (κ3) is 2.86. The molecule has 0 radical (unpaired) electrons. The summed E-state index contributed by atoms with van der Waals surface area (Å²) in [5, 5.41) is 12.9. The van der Waals surface area contributed by atoms with Gasteiger partial charge in [0.1, 0.15) is 6.33 Å². The molecule has 0 aliphatic heterocycles. The number of aromatic nitrogens is 3. The van der Waals surface area contributed by atoms with Crippen LogP contribution < -0.4 is 0 Å². The second kappa shape index (κ2) is 5.46. The molecule has 0 saturated carbocycles. The Labute approximate surface area is 111 Å². The molecule has 0 spiro atoms. The first-order valence-electron chi connectivity index (χ1n) is 5.93. The highest BCUT2D eigenvalue weighted by atomic mass is 32.1. The molecule has 2 atom stereocenters. The van der Waals surface area contributed by atoms with Crippen molar-refractivity contribution >= 4 is 12.2 Å². The molecular weight excluding hydrogens is 246 g/mol. The highest BCUT2D eigenvalue weighted by molar-refractivity contribution is 7.71. The molecule has 18 heavy (non-hydrogen) atoms. The van der Waals surface area contributed by atoms with Crippen molar-refractivity contribution in [3.05, 3.63) is 46.5 Å². The minimum Gasteiger partial charge on any atom is -0.391 e. The van der Waals surface area contributed by atoms with Gasteiger partial charge >= 0.3 is 0 Å². The molecule has 0 bridgehead atoms. The van der Waals surface area contributed by atoms with E-state index in [1.807, 2.05) is 6.07 Å². The van der Waals surface area contributed by atoms with Crippen LogP contribution in [0.15, 0.2) is 30.6 Å². The van der Waals surface area contributed by atoms with Gasteiger partial charge in [0, 0.05) is 0 Å². The number of nitrogens with one attached hydrogen (secondary N) is 1. The lowest BCUT2D eigenvalue weighted by molar-refractivity contribution is 0.121. The number of aromatic amines is 1. The van der Waals surface area contributed by atoms with Crippen molar-refractivity contribution in [2.75, 3.05) is 0 Å². The highest BCUT2D eigenvalue weighted by Crippen LogP contribution is 2.18. The minimum atomic E-state index is -0.502. The van der Waals surface area contributed by atoms with E-state index in [0.717, 1.165) is 6.42 Å². The number of aryl methyl sites for hydroxylation is 1. The lowest BCUT2D eigenvalue weighted by Gasteiger charge is -2.21. The highest BCUT2D eigenvalue weighted by Gasteiger charge is 2.19. The van der Waals surface area contributed by atoms with Crippen LogP contribution in [-0.2, 0) is 6.42 Å². The average molecular weight is 263 g/mol. The van der Waals surface area contributed by atoms with E-state index in [1.54, 1.807) is 17.9 Å². The number of benzene rings is 1. The Kier molecular flexibility index (Phi) is 3.93. The molecular formula is C13H17N3OS. The molecule has 96 valence electrons. The first-order chi connectivity index (χ1) is 8.58. The van der Waals surface area contributed by atoms with Gasteiger partial charge in [-0.1, -0.05) is 29.8 Å². The Morgan fingerprint density at radius 1 is 1.50 bits per heavy atom. The number of nitrogens with zero attached hydrogens (tertiary/aromatic N) is 2. The third-order valence-corrected chi connectivity index (χ3v) is 3.30. The van der Waals surface area contributed by atoms with E-state index >= 15 is 0 Å². The van der Waals surface area contributed by atoms with Gasteiger partial charge in [-0.2, -0.15) is 0 Å². The SMILES string of the molecule is Cc1cccc(CC(C(C)O)n2[nH]cnc2=S)c1. The van der Waals surface area contributed by atoms with Crippen LogP contribution in [0.5, 0.6) is 0 Å². The molecule has 2 unspecified atom stereocenters. The zero-order valence-corrected chi connectivity index (χ0v) is 11.3. The van der Waals surface area contributed by atoms with E-state index in [1.165, 1.54) is 11.1 Å². The van der Waals surface area contributed by atoms with Crippen molar-refractivity contribution in [2.45, 2.75) is 32.4 Å². The van der Waals surface area contributed by atoms with Gasteiger partial charge < -0.3 is 5.11 Å². The van der Waals surface area contributed by atoms with E-state index in [4.69, 9.17) is 12.2 Å². The summed E-state index contributed by atoms with van der Waals surface area (Å²) in [4.78, 5) is 3.99. The maximum atomic E-state index is 9.92. The number of aliphatic hydroxyl groups excluding tert-OH is 1. The van der Waals surface area contributed by atoms with Crippen LogP contribution in [0, 0.1) is 11.7 Å². The maximum absolute atomic E-state index is 9.92. The molecule has 0 aliphatic rings. The molecule has 5 heteroatoms. The molecule has 0 fully saturated rings. The Hall–Kier alpha value is -1.46. The number of aliphatic hydroxyl groups is 1. The monoisotopic (exact) mass is 263 g/mol. The van der Waals surface area contributed by atoms with Crippen molar-refractivity contribution in [3.63, 3.8) is 0 Å². The van der Waals surface area contributed by atoms with E-state index in [0.29, 0.717) is 4.77 Å². The van der Waals surface area contributed by atoms with Gasteiger partial charge in [0.15, 0.2) is 0 Å². The van der Waals surface area contributed by atoms with Gasteiger partial charge in [0.2, 0.25) is 4.77 Å². The molecule has 2 aromatic rings. The van der Waals surface area contributed by atoms with Crippen molar-refractivity contribution < 1.29 is 5.11 Å². The largest absolute Gasteiger partial charge is 0.391 e. The normalized spacial score (nSPS) is 14.4. The van der Waals surface area contributed by atoms with Crippen LogP contribution in [0.1, 0.15) is 24.1 Å². The fraction of sp³-hybridized carbons (Fsp3) is 0.385. The first-order valence-corrected chi connectivity index (χ1v) is 6.34. The first kappa shape index (κ1) is 13.0. The zero-order chi connectivity index (χ0) is 13.1. The summed E-state index contributed by atoms with van der Waals surface area (Å²) >= 11 is 5.13. The van der Waals surface area contributed by atoms with Gasteiger partial charge in [-0.15, -0.1) is 0 Å². The molecule has 0 aliphatic carbocycles. The standard InChI is InChI=1S/C13H17N3OS/c1-9-4-3-5-11(6-9)7-12(10(2)17)16-13(18)14-8-15-16/h3-6,8,10,12,17H,7H2,1-2H3,(H,14,15,18). The van der Waals surface area contributed by atoms with Gasteiger partial charge in [-0.3, -0.25) is 9.78 Å². The lowest BCUT2D eigenvalue weighted by atomic mass is 10.0. The van der Waals surface area contributed by atoms with Gasteiger partial charge in [-0.05, 0) is 38.0 Å². The second-order valence-electron chi connectivity index (χ2n) is 4.54. The summed E-state index contributed by atoms with van der Waals surface area (Å²) < 4.78 is 2.20. The van der Waals surface area contributed by atoms with Crippen molar-refractivity contribution in [1.29, 1.82) is 0 Å². The van der Waals surface area contributed by atoms with Gasteiger partial charge in [0.05, 0.1) is 12.1 Å². The molecule has 0 saturated heterocycles. The predicted molar refractivity (Wildman–Crippen MR) is 73.0 cm³/mol. The van der Waals surface area contributed by atoms with Crippen LogP contribution in [-0.4, -0.2) is 26.0 Å². The Morgan fingerprint density at radius 2 is 2.28 bits per heavy atom. The summed E-state index contributed by atoms with van der Waals surface area (Å²) in [7, 11) is 0. The zero-order valence-electron chi connectivity index (χ0n) is 10.5. The van der Waals surface area contributed by atoms with E-state index < -0.39 is 6.10 Å². The molecule has 2 rings (SSSR count). The van der Waals surface area contributed by atoms with E-state index in [2.05, 4.69) is 35.2 Å². The number of hydrogen-bond acceptors (Lipinski definition) is 3. The Morgan fingerprint density at radius 3 is 2.83 bits per heavy atom. The molecule has 4 nitrogen and oxygen atoms in total. The van der Waals surface area contributed by atoms with E-state index in [-0.39, 0.29) is 6.04 Å². The average Bonchev–Trinajstić information content (AvgIpc) is 2.72.